The predicted molar refractivity (Wildman–Crippen MR) is 215 cm³/mol. The number of sulfonamides is 3. The van der Waals surface area contributed by atoms with E-state index in [1.807, 2.05) is 0 Å². The van der Waals surface area contributed by atoms with E-state index in [1.165, 1.54) is 36.4 Å². The topological polar surface area (TPSA) is 242 Å². The van der Waals surface area contributed by atoms with E-state index in [4.69, 9.17) is 0 Å². The molecule has 2 aliphatic heterocycles. The van der Waals surface area contributed by atoms with Crippen LogP contribution in [-0.2, 0) is 43.2 Å². The Bertz CT molecular complexity index is 2820. The first-order valence-corrected chi connectivity index (χ1v) is 22.0. The third-order valence-corrected chi connectivity index (χ3v) is 15.8. The molecule has 0 saturated carbocycles. The Labute approximate surface area is 337 Å². The van der Waals surface area contributed by atoms with Crippen molar-refractivity contribution in [3.63, 3.8) is 0 Å². The molecule has 6 aromatic rings. The summed E-state index contributed by atoms with van der Waals surface area (Å²) >= 11 is 0. The van der Waals surface area contributed by atoms with Crippen LogP contribution in [0.4, 0.5) is 17.1 Å². The molecule has 0 spiro atoms. The van der Waals surface area contributed by atoms with E-state index in [2.05, 4.69) is 0 Å². The lowest BCUT2D eigenvalue weighted by Crippen LogP contribution is -2.44. The third-order valence-electron chi connectivity index (χ3n) is 10.1. The van der Waals surface area contributed by atoms with Gasteiger partial charge in [0.15, 0.2) is 14.7 Å². The van der Waals surface area contributed by atoms with E-state index in [-0.39, 0.29) is 0 Å². The molecule has 0 amide bonds. The van der Waals surface area contributed by atoms with Gasteiger partial charge in [0.2, 0.25) is 30.1 Å². The van der Waals surface area contributed by atoms with Gasteiger partial charge >= 0.3 is 0 Å². The van der Waals surface area contributed by atoms with Gasteiger partial charge in [-0.2, -0.15) is 12.9 Å². The molecule has 0 N–H and O–H groups in total. The standard InChI is InChI=1S/C38H32N6O12S3/c45-42(46)33-15-5-8-18-36(33)57(51,52)39-21-23-40(58(53,54)37-19-9-6-16-34(37)43(47)48)25-31-27-11-1-2-12-28(27)32(30-14-4-3-13-29(30)31)26-41(24-22-39)59(55,56)38-20-10-7-17-35(38)44(49)50/h1-20H,21-26H2. The van der Waals surface area contributed by atoms with Crippen LogP contribution in [0.1, 0.15) is 11.1 Å². The summed E-state index contributed by atoms with van der Waals surface area (Å²) in [5.41, 5.74) is -1.47. The Morgan fingerprint density at radius 3 is 0.898 bits per heavy atom. The minimum Gasteiger partial charge on any atom is -0.258 e. The van der Waals surface area contributed by atoms with Crippen molar-refractivity contribution >= 4 is 68.7 Å². The summed E-state index contributed by atoms with van der Waals surface area (Å²) in [6.07, 6.45) is 0. The van der Waals surface area contributed by atoms with Gasteiger partial charge < -0.3 is 0 Å². The molecule has 6 aromatic carbocycles. The molecule has 0 atom stereocenters. The van der Waals surface area contributed by atoms with Crippen molar-refractivity contribution in [3.05, 3.63) is 163 Å². The van der Waals surface area contributed by atoms with Crippen molar-refractivity contribution in [2.75, 3.05) is 26.2 Å². The van der Waals surface area contributed by atoms with Gasteiger partial charge in [-0.05, 0) is 50.9 Å². The molecule has 304 valence electrons. The van der Waals surface area contributed by atoms with E-state index in [9.17, 15) is 55.6 Å². The molecule has 2 aliphatic rings. The zero-order valence-electron chi connectivity index (χ0n) is 30.6. The minimum atomic E-state index is -4.95. The number of hydrogen-bond acceptors (Lipinski definition) is 12. The van der Waals surface area contributed by atoms with Crippen molar-refractivity contribution in [2.45, 2.75) is 27.8 Å². The van der Waals surface area contributed by atoms with Crippen LogP contribution in [0.2, 0.25) is 0 Å². The summed E-state index contributed by atoms with van der Waals surface area (Å²) in [4.78, 5) is 31.6. The largest absolute Gasteiger partial charge is 0.289 e. The fraction of sp³-hybridized carbons (Fsp3) is 0.158. The average Bonchev–Trinajstić information content (AvgIpc) is 3.24. The van der Waals surface area contributed by atoms with Crippen LogP contribution in [0.5, 0.6) is 0 Å². The second kappa shape index (κ2) is 15.8. The molecule has 0 aliphatic carbocycles. The molecule has 2 bridgehead atoms. The van der Waals surface area contributed by atoms with E-state index in [0.29, 0.717) is 37.0 Å². The Balaban J connectivity index is 1.50. The Morgan fingerprint density at radius 2 is 0.610 bits per heavy atom. The van der Waals surface area contributed by atoms with Crippen molar-refractivity contribution in [1.29, 1.82) is 0 Å². The van der Waals surface area contributed by atoms with E-state index < -0.39 is 116 Å². The third kappa shape index (κ3) is 7.50. The zero-order chi connectivity index (χ0) is 42.3. The van der Waals surface area contributed by atoms with Gasteiger partial charge in [0.1, 0.15) is 0 Å². The van der Waals surface area contributed by atoms with Crippen LogP contribution in [0.3, 0.4) is 0 Å². The number of rotatable bonds is 9. The highest BCUT2D eigenvalue weighted by Crippen LogP contribution is 2.38. The van der Waals surface area contributed by atoms with Gasteiger partial charge in [0, 0.05) is 57.5 Å². The van der Waals surface area contributed by atoms with Crippen molar-refractivity contribution < 1.29 is 40.0 Å². The number of benzene rings is 6. The lowest BCUT2D eigenvalue weighted by atomic mass is 9.91. The van der Waals surface area contributed by atoms with Crippen molar-refractivity contribution in [3.8, 4) is 0 Å². The highest BCUT2D eigenvalue weighted by atomic mass is 32.2. The summed E-state index contributed by atoms with van der Waals surface area (Å²) < 4.78 is 90.3. The van der Waals surface area contributed by atoms with E-state index in [0.717, 1.165) is 45.0 Å². The maximum absolute atomic E-state index is 14.7. The highest BCUT2D eigenvalue weighted by molar-refractivity contribution is 7.90. The molecular weight excluding hydrogens is 829 g/mol. The molecule has 21 heteroatoms. The SMILES string of the molecule is O=[N+]([O-])c1ccccc1S(=O)(=O)N1CCN(S(=O)(=O)c2ccccc2[N+](=O)[O-])Cc2c3ccccc3c(c3ccccc23)CN(S(=O)(=O)c2ccccc2[N+](=O)[O-])CC1. The summed E-state index contributed by atoms with van der Waals surface area (Å²) in [6, 6.07) is 27.3. The molecule has 0 fully saturated rings. The van der Waals surface area contributed by atoms with E-state index in [1.54, 1.807) is 48.5 Å². The van der Waals surface area contributed by atoms with Gasteiger partial charge in [-0.1, -0.05) is 84.9 Å². The second-order valence-electron chi connectivity index (χ2n) is 13.3. The number of nitro benzene ring substituents is 3. The quantitative estimate of drug-likeness (QED) is 0.0725. The number of nitrogens with zero attached hydrogens (tertiary/aromatic N) is 6. The first-order chi connectivity index (χ1) is 28.0. The summed E-state index contributed by atoms with van der Waals surface area (Å²) in [7, 11) is -14.6. The molecular formula is C38H32N6O12S3. The number of hydrogen-bond donors (Lipinski definition) is 0. The van der Waals surface area contributed by atoms with Gasteiger partial charge in [-0.25, -0.2) is 25.3 Å². The van der Waals surface area contributed by atoms with Crippen LogP contribution < -0.4 is 0 Å². The predicted octanol–water partition coefficient (Wildman–Crippen LogP) is 5.80. The molecule has 0 aromatic heterocycles. The fourth-order valence-corrected chi connectivity index (χ4v) is 12.0. The first kappa shape index (κ1) is 40.9. The Morgan fingerprint density at radius 1 is 0.373 bits per heavy atom. The molecule has 59 heavy (non-hydrogen) atoms. The second-order valence-corrected chi connectivity index (χ2v) is 19.0. The van der Waals surface area contributed by atoms with Gasteiger partial charge in [0.05, 0.1) is 14.8 Å². The van der Waals surface area contributed by atoms with Crippen LogP contribution in [0.25, 0.3) is 21.5 Å². The minimum absolute atomic E-state index is 0.405. The lowest BCUT2D eigenvalue weighted by molar-refractivity contribution is -0.388. The lowest BCUT2D eigenvalue weighted by Gasteiger charge is -2.29. The zero-order valence-corrected chi connectivity index (χ0v) is 33.0. The molecule has 0 unspecified atom stereocenters. The number of fused-ring (bicyclic) bond motifs is 8. The van der Waals surface area contributed by atoms with Crippen LogP contribution in [-0.4, -0.2) is 79.1 Å². The van der Waals surface area contributed by atoms with Gasteiger partial charge in [-0.15, -0.1) is 0 Å². The van der Waals surface area contributed by atoms with Gasteiger partial charge in [0.25, 0.3) is 17.1 Å². The highest BCUT2D eigenvalue weighted by Gasteiger charge is 2.39. The monoisotopic (exact) mass is 860 g/mol. The molecule has 18 nitrogen and oxygen atoms in total. The Hall–Kier alpha value is -6.23. The summed E-state index contributed by atoms with van der Waals surface area (Å²) in [6.45, 7) is -3.69. The van der Waals surface area contributed by atoms with Crippen LogP contribution >= 0.6 is 0 Å². The normalized spacial score (nSPS) is 15.3. The Kier molecular flexibility index (Phi) is 11.0. The molecule has 2 heterocycles. The van der Waals surface area contributed by atoms with Crippen LogP contribution in [0, 0.1) is 30.3 Å². The molecule has 0 radical (unpaired) electrons. The maximum Gasteiger partial charge on any atom is 0.289 e. The first-order valence-electron chi connectivity index (χ1n) is 17.7. The van der Waals surface area contributed by atoms with E-state index >= 15 is 0 Å². The summed E-state index contributed by atoms with van der Waals surface area (Å²) in [5, 5.41) is 38.3. The molecule has 0 saturated heterocycles. The fourth-order valence-electron chi connectivity index (χ4n) is 7.26. The summed E-state index contributed by atoms with van der Waals surface area (Å²) in [5.74, 6) is 0. The van der Waals surface area contributed by atoms with Gasteiger partial charge in [-0.3, -0.25) is 30.3 Å². The number of nitro groups is 3. The maximum atomic E-state index is 14.7. The number of para-hydroxylation sites is 3. The molecule has 8 rings (SSSR count). The van der Waals surface area contributed by atoms with Crippen molar-refractivity contribution in [2.24, 2.45) is 0 Å². The average molecular weight is 861 g/mol. The smallest absolute Gasteiger partial charge is 0.258 e. The van der Waals surface area contributed by atoms with Crippen LogP contribution in [0.15, 0.2) is 136 Å². The van der Waals surface area contributed by atoms with Crippen molar-refractivity contribution in [1.82, 2.24) is 12.9 Å².